The molecule has 0 aliphatic rings. The third-order valence-corrected chi connectivity index (χ3v) is 3.14. The van der Waals surface area contributed by atoms with Gasteiger partial charge in [0, 0.05) is 19.7 Å². The van der Waals surface area contributed by atoms with Gasteiger partial charge in [-0.25, -0.2) is 4.39 Å². The van der Waals surface area contributed by atoms with Crippen LogP contribution in [0, 0.1) is 5.82 Å². The van der Waals surface area contributed by atoms with Crippen molar-refractivity contribution < 1.29 is 13.9 Å². The molecule has 0 saturated carbocycles. The molecule has 6 heteroatoms. The fourth-order valence-electron chi connectivity index (χ4n) is 1.99. The fourth-order valence-corrected chi connectivity index (χ4v) is 1.99. The monoisotopic (exact) mass is 305 g/mol. The van der Waals surface area contributed by atoms with Crippen LogP contribution in [0.15, 0.2) is 36.7 Å². The first-order valence-corrected chi connectivity index (χ1v) is 7.19. The molecule has 0 bridgehead atoms. The third-order valence-electron chi connectivity index (χ3n) is 3.14. The molecule has 1 heterocycles. The summed E-state index contributed by atoms with van der Waals surface area (Å²) >= 11 is 0. The quantitative estimate of drug-likeness (QED) is 0.852. The Balaban J connectivity index is 1.68. The van der Waals surface area contributed by atoms with Crippen molar-refractivity contribution in [2.45, 2.75) is 25.9 Å². The van der Waals surface area contributed by atoms with Gasteiger partial charge in [0.15, 0.2) is 0 Å². The smallest absolute Gasteiger partial charge is 0.220 e. The van der Waals surface area contributed by atoms with Crippen LogP contribution >= 0.6 is 0 Å². The van der Waals surface area contributed by atoms with E-state index in [-0.39, 0.29) is 17.8 Å². The number of hydrogen-bond acceptors (Lipinski definition) is 3. The summed E-state index contributed by atoms with van der Waals surface area (Å²) in [7, 11) is 1.85. The number of carbonyl (C=O) groups is 1. The number of aryl methyl sites for hydroxylation is 2. The van der Waals surface area contributed by atoms with Crippen LogP contribution in [-0.2, 0) is 18.3 Å². The molecule has 1 atom stereocenters. The van der Waals surface area contributed by atoms with Crippen molar-refractivity contribution in [3.8, 4) is 5.75 Å². The Labute approximate surface area is 129 Å². The molecular formula is C16H20FN3O2. The molecule has 118 valence electrons. The molecule has 22 heavy (non-hydrogen) atoms. The molecule has 1 N–H and O–H groups in total. The lowest BCUT2D eigenvalue weighted by atomic mass is 10.2. The van der Waals surface area contributed by atoms with Gasteiger partial charge in [0.05, 0.1) is 12.7 Å². The van der Waals surface area contributed by atoms with E-state index in [2.05, 4.69) is 10.4 Å². The first kappa shape index (κ1) is 16.0. The zero-order chi connectivity index (χ0) is 15.9. The number of carbonyl (C=O) groups excluding carboxylic acids is 1. The second-order valence-corrected chi connectivity index (χ2v) is 5.21. The number of amides is 1. The van der Waals surface area contributed by atoms with Crippen LogP contribution in [0.3, 0.4) is 0 Å². The molecular weight excluding hydrogens is 285 g/mol. The van der Waals surface area contributed by atoms with Crippen LogP contribution in [-0.4, -0.2) is 28.3 Å². The van der Waals surface area contributed by atoms with Crippen LogP contribution in [0.1, 0.15) is 18.9 Å². The Hall–Kier alpha value is -2.37. The minimum absolute atomic E-state index is 0.0293. The SMILES string of the molecule is C[C@@H](CNC(=O)CCc1cnn(C)c1)Oc1ccc(F)cc1. The second kappa shape index (κ2) is 7.59. The van der Waals surface area contributed by atoms with Gasteiger partial charge in [0.25, 0.3) is 0 Å². The van der Waals surface area contributed by atoms with Gasteiger partial charge in [-0.2, -0.15) is 5.10 Å². The van der Waals surface area contributed by atoms with Gasteiger partial charge in [0.1, 0.15) is 17.7 Å². The Morgan fingerprint density at radius 2 is 2.14 bits per heavy atom. The van der Waals surface area contributed by atoms with Gasteiger partial charge < -0.3 is 10.1 Å². The van der Waals surface area contributed by atoms with Crippen molar-refractivity contribution in [1.82, 2.24) is 15.1 Å². The van der Waals surface area contributed by atoms with E-state index in [1.165, 1.54) is 12.1 Å². The Kier molecular flexibility index (Phi) is 5.52. The van der Waals surface area contributed by atoms with Crippen molar-refractivity contribution in [1.29, 1.82) is 0 Å². The summed E-state index contributed by atoms with van der Waals surface area (Å²) in [5.74, 6) is 0.251. The molecule has 2 aromatic rings. The van der Waals surface area contributed by atoms with E-state index in [1.54, 1.807) is 23.0 Å². The summed E-state index contributed by atoms with van der Waals surface area (Å²) in [6, 6.07) is 5.81. The van der Waals surface area contributed by atoms with Crippen LogP contribution < -0.4 is 10.1 Å². The Morgan fingerprint density at radius 1 is 1.41 bits per heavy atom. The maximum Gasteiger partial charge on any atom is 0.220 e. The van der Waals surface area contributed by atoms with Gasteiger partial charge in [-0.15, -0.1) is 0 Å². The molecule has 0 unspecified atom stereocenters. The average Bonchev–Trinajstić information content (AvgIpc) is 2.91. The Bertz CT molecular complexity index is 610. The highest BCUT2D eigenvalue weighted by atomic mass is 19.1. The van der Waals surface area contributed by atoms with E-state index < -0.39 is 0 Å². The number of ether oxygens (including phenoxy) is 1. The van der Waals surface area contributed by atoms with Crippen molar-refractivity contribution in [2.75, 3.05) is 6.54 Å². The lowest BCUT2D eigenvalue weighted by Gasteiger charge is -2.15. The van der Waals surface area contributed by atoms with Gasteiger partial charge >= 0.3 is 0 Å². The van der Waals surface area contributed by atoms with Crippen LogP contribution in [0.2, 0.25) is 0 Å². The predicted octanol–water partition coefficient (Wildman–Crippen LogP) is 2.08. The molecule has 1 amide bonds. The molecule has 0 radical (unpaired) electrons. The molecule has 0 aliphatic heterocycles. The van der Waals surface area contributed by atoms with E-state index in [4.69, 9.17) is 4.74 Å². The minimum Gasteiger partial charge on any atom is -0.489 e. The van der Waals surface area contributed by atoms with Crippen LogP contribution in [0.25, 0.3) is 0 Å². The topological polar surface area (TPSA) is 56.2 Å². The average molecular weight is 305 g/mol. The highest BCUT2D eigenvalue weighted by Gasteiger charge is 2.08. The molecule has 2 rings (SSSR count). The summed E-state index contributed by atoms with van der Waals surface area (Å²) in [6.45, 7) is 2.26. The van der Waals surface area contributed by atoms with Crippen molar-refractivity contribution >= 4 is 5.91 Å². The lowest BCUT2D eigenvalue weighted by Crippen LogP contribution is -2.33. The predicted molar refractivity (Wildman–Crippen MR) is 81.0 cm³/mol. The number of nitrogens with one attached hydrogen (secondary N) is 1. The standard InChI is InChI=1S/C16H20FN3O2/c1-12(22-15-6-4-14(17)5-7-15)9-18-16(21)8-3-13-10-19-20(2)11-13/h4-7,10-12H,3,8-9H2,1-2H3,(H,18,21)/t12-/m0/s1. The molecule has 5 nitrogen and oxygen atoms in total. The first-order valence-electron chi connectivity index (χ1n) is 7.19. The minimum atomic E-state index is -0.302. The highest BCUT2D eigenvalue weighted by Crippen LogP contribution is 2.12. The second-order valence-electron chi connectivity index (χ2n) is 5.21. The van der Waals surface area contributed by atoms with E-state index in [9.17, 15) is 9.18 Å². The zero-order valence-corrected chi connectivity index (χ0v) is 12.8. The molecule has 0 saturated heterocycles. The zero-order valence-electron chi connectivity index (χ0n) is 12.8. The van der Waals surface area contributed by atoms with Crippen molar-refractivity contribution in [3.63, 3.8) is 0 Å². The number of hydrogen-bond donors (Lipinski definition) is 1. The maximum absolute atomic E-state index is 12.8. The fraction of sp³-hybridized carbons (Fsp3) is 0.375. The number of rotatable bonds is 7. The highest BCUT2D eigenvalue weighted by molar-refractivity contribution is 5.76. The van der Waals surface area contributed by atoms with Crippen LogP contribution in [0.4, 0.5) is 4.39 Å². The van der Waals surface area contributed by atoms with Crippen molar-refractivity contribution in [2.24, 2.45) is 7.05 Å². The summed E-state index contributed by atoms with van der Waals surface area (Å²) < 4.78 is 20.1. The van der Waals surface area contributed by atoms with E-state index in [0.717, 1.165) is 5.56 Å². The number of nitrogens with zero attached hydrogens (tertiary/aromatic N) is 2. The van der Waals surface area contributed by atoms with Crippen molar-refractivity contribution in [3.05, 3.63) is 48.0 Å². The molecule has 0 aliphatic carbocycles. The number of benzene rings is 1. The largest absolute Gasteiger partial charge is 0.489 e. The van der Waals surface area contributed by atoms with E-state index in [0.29, 0.717) is 25.1 Å². The first-order chi connectivity index (χ1) is 10.5. The molecule has 0 spiro atoms. The van der Waals surface area contributed by atoms with Gasteiger partial charge in [0.2, 0.25) is 5.91 Å². The maximum atomic E-state index is 12.8. The summed E-state index contributed by atoms with van der Waals surface area (Å²) in [6.07, 6.45) is 4.54. The third kappa shape index (κ3) is 5.20. The summed E-state index contributed by atoms with van der Waals surface area (Å²) in [5, 5.41) is 6.89. The normalized spacial score (nSPS) is 12.0. The van der Waals surface area contributed by atoms with Crippen LogP contribution in [0.5, 0.6) is 5.75 Å². The van der Waals surface area contributed by atoms with Gasteiger partial charge in [-0.3, -0.25) is 9.48 Å². The molecule has 0 fully saturated rings. The Morgan fingerprint density at radius 3 is 2.77 bits per heavy atom. The van der Waals surface area contributed by atoms with E-state index in [1.807, 2.05) is 20.2 Å². The number of aromatic nitrogens is 2. The number of halogens is 1. The molecule has 1 aromatic carbocycles. The summed E-state index contributed by atoms with van der Waals surface area (Å²) in [4.78, 5) is 11.8. The van der Waals surface area contributed by atoms with Gasteiger partial charge in [-0.1, -0.05) is 0 Å². The lowest BCUT2D eigenvalue weighted by molar-refractivity contribution is -0.121. The summed E-state index contributed by atoms with van der Waals surface area (Å²) in [5.41, 5.74) is 1.04. The molecule has 1 aromatic heterocycles. The van der Waals surface area contributed by atoms with Gasteiger partial charge in [-0.05, 0) is 43.2 Å². The van der Waals surface area contributed by atoms with E-state index >= 15 is 0 Å².